The number of carbonyl (C=O) groups is 2. The molecular weight excluding hydrogens is 822 g/mol. The highest BCUT2D eigenvalue weighted by Gasteiger charge is 2.27. The van der Waals surface area contributed by atoms with Gasteiger partial charge in [-0.2, -0.15) is 0 Å². The molecule has 1 N–H and O–H groups in total. The van der Waals surface area contributed by atoms with Crippen LogP contribution in [0.25, 0.3) is 0 Å². The first-order valence-corrected chi connectivity index (χ1v) is 27.5. The minimum Gasteiger partial charge on any atom is -0.462 e. The molecule has 2 atom stereocenters. The highest BCUT2D eigenvalue weighted by Crippen LogP contribution is 2.43. The summed E-state index contributed by atoms with van der Waals surface area (Å²) in [5, 5.41) is 0. The molecule has 0 spiro atoms. The Morgan fingerprint density at radius 2 is 0.891 bits per heavy atom. The van der Waals surface area contributed by atoms with Gasteiger partial charge in [-0.1, -0.05) is 209 Å². The van der Waals surface area contributed by atoms with E-state index in [0.29, 0.717) is 17.4 Å². The number of phosphoric ester groups is 1. The molecule has 0 bridgehead atoms. The first-order chi connectivity index (χ1) is 31.0. The molecule has 2 unspecified atom stereocenters. The van der Waals surface area contributed by atoms with Crippen molar-refractivity contribution in [3.63, 3.8) is 0 Å². The monoisotopic (exact) mass is 921 g/mol. The van der Waals surface area contributed by atoms with Crippen molar-refractivity contribution in [3.05, 3.63) is 60.8 Å². The average Bonchev–Trinajstić information content (AvgIpc) is 3.25. The highest BCUT2D eigenvalue weighted by molar-refractivity contribution is 7.47. The number of quaternary nitrogens is 1. The zero-order valence-corrected chi connectivity index (χ0v) is 42.9. The Labute approximate surface area is 394 Å². The fraction of sp³-hybridized carbons (Fsp3) is 0.778. The molecule has 0 aromatic heterocycles. The van der Waals surface area contributed by atoms with Crippen LogP contribution in [0.4, 0.5) is 0 Å². The Morgan fingerprint density at radius 1 is 0.500 bits per heavy atom. The van der Waals surface area contributed by atoms with Gasteiger partial charge in [0.2, 0.25) is 0 Å². The van der Waals surface area contributed by atoms with Crippen molar-refractivity contribution in [1.82, 2.24) is 0 Å². The summed E-state index contributed by atoms with van der Waals surface area (Å²) in [6.07, 6.45) is 57.1. The summed E-state index contributed by atoms with van der Waals surface area (Å²) >= 11 is 0. The summed E-state index contributed by atoms with van der Waals surface area (Å²) in [6.45, 7) is 4.29. The van der Waals surface area contributed by atoms with Crippen molar-refractivity contribution < 1.29 is 42.1 Å². The predicted molar refractivity (Wildman–Crippen MR) is 270 cm³/mol. The molecular formula is C54H99NO8P+. The Kier molecular flexibility index (Phi) is 44.2. The molecule has 0 rings (SSSR count). The lowest BCUT2D eigenvalue weighted by Crippen LogP contribution is -2.37. The molecule has 0 amide bonds. The maximum absolute atomic E-state index is 12.7. The van der Waals surface area contributed by atoms with Gasteiger partial charge in [0.25, 0.3) is 0 Å². The van der Waals surface area contributed by atoms with Crippen LogP contribution in [0.3, 0.4) is 0 Å². The van der Waals surface area contributed by atoms with E-state index in [9.17, 15) is 19.0 Å². The summed E-state index contributed by atoms with van der Waals surface area (Å²) in [4.78, 5) is 35.6. The van der Waals surface area contributed by atoms with E-state index < -0.39 is 26.5 Å². The molecule has 372 valence electrons. The molecule has 0 aliphatic rings. The van der Waals surface area contributed by atoms with Crippen LogP contribution in [0.15, 0.2) is 60.8 Å². The number of hydrogen-bond donors (Lipinski definition) is 1. The second-order valence-electron chi connectivity index (χ2n) is 18.5. The van der Waals surface area contributed by atoms with E-state index in [-0.39, 0.29) is 32.0 Å². The van der Waals surface area contributed by atoms with E-state index >= 15 is 0 Å². The molecule has 0 aromatic carbocycles. The fourth-order valence-corrected chi connectivity index (χ4v) is 7.78. The van der Waals surface area contributed by atoms with Crippen LogP contribution < -0.4 is 0 Å². The standard InChI is InChI=1S/C54H98NO8P/c1-6-8-10-12-14-16-18-20-22-24-26-27-29-30-32-34-36-38-40-42-44-46-53(56)60-50-52(51-62-64(58,59)61-49-48-55(3,4)5)63-54(57)47-45-43-41-39-37-35-33-31-28-25-23-21-19-17-15-13-11-9-7-2/h9,11,15,17,21,23,28,31,35,37,52H,6-8,10,12-14,16,18-20,22,24-27,29-30,32-34,36,38-51H2,1-5H3/p+1/b11-9-,17-15-,23-21-,31-28-,37-35-. The number of carbonyl (C=O) groups excluding carboxylic acids is 2. The van der Waals surface area contributed by atoms with E-state index in [1.165, 1.54) is 116 Å². The van der Waals surface area contributed by atoms with Crippen molar-refractivity contribution in [2.75, 3.05) is 47.5 Å². The maximum Gasteiger partial charge on any atom is 0.472 e. The van der Waals surface area contributed by atoms with Crippen molar-refractivity contribution in [3.8, 4) is 0 Å². The fourth-order valence-electron chi connectivity index (χ4n) is 7.04. The highest BCUT2D eigenvalue weighted by atomic mass is 31.2. The van der Waals surface area contributed by atoms with Crippen molar-refractivity contribution in [1.29, 1.82) is 0 Å². The lowest BCUT2D eigenvalue weighted by atomic mass is 10.0. The molecule has 0 aliphatic heterocycles. The van der Waals surface area contributed by atoms with Crippen LogP contribution in [0.1, 0.15) is 219 Å². The molecule has 0 fully saturated rings. The number of ether oxygens (including phenoxy) is 2. The molecule has 0 aromatic rings. The van der Waals surface area contributed by atoms with Gasteiger partial charge >= 0.3 is 19.8 Å². The first-order valence-electron chi connectivity index (χ1n) is 26.0. The van der Waals surface area contributed by atoms with Gasteiger partial charge in [0.1, 0.15) is 19.8 Å². The second kappa shape index (κ2) is 45.8. The number of esters is 2. The van der Waals surface area contributed by atoms with Gasteiger partial charge in [0, 0.05) is 12.8 Å². The van der Waals surface area contributed by atoms with Crippen LogP contribution in [-0.4, -0.2) is 74.9 Å². The summed E-state index contributed by atoms with van der Waals surface area (Å²) in [5.41, 5.74) is 0. The van der Waals surface area contributed by atoms with Gasteiger partial charge in [0.05, 0.1) is 27.7 Å². The smallest absolute Gasteiger partial charge is 0.462 e. The van der Waals surface area contributed by atoms with Crippen molar-refractivity contribution >= 4 is 19.8 Å². The number of nitrogens with zero attached hydrogens (tertiary/aromatic N) is 1. The van der Waals surface area contributed by atoms with Crippen LogP contribution in [0, 0.1) is 0 Å². The van der Waals surface area contributed by atoms with Crippen molar-refractivity contribution in [2.24, 2.45) is 0 Å². The first kappa shape index (κ1) is 61.7. The number of unbranched alkanes of at least 4 members (excludes halogenated alkanes) is 23. The molecule has 64 heavy (non-hydrogen) atoms. The molecule has 0 saturated carbocycles. The third-order valence-electron chi connectivity index (χ3n) is 11.1. The summed E-state index contributed by atoms with van der Waals surface area (Å²) in [6, 6.07) is 0. The van der Waals surface area contributed by atoms with Crippen molar-refractivity contribution in [2.45, 2.75) is 225 Å². The Morgan fingerprint density at radius 3 is 1.33 bits per heavy atom. The number of hydrogen-bond acceptors (Lipinski definition) is 7. The molecule has 10 heteroatoms. The summed E-state index contributed by atoms with van der Waals surface area (Å²) < 4.78 is 34.4. The zero-order valence-electron chi connectivity index (χ0n) is 42.0. The Balaban J connectivity index is 4.28. The normalized spacial score (nSPS) is 13.9. The van der Waals surface area contributed by atoms with E-state index in [2.05, 4.69) is 74.6 Å². The number of rotatable bonds is 47. The van der Waals surface area contributed by atoms with Gasteiger partial charge in [-0.05, 0) is 57.8 Å². The second-order valence-corrected chi connectivity index (χ2v) is 20.0. The summed E-state index contributed by atoms with van der Waals surface area (Å²) in [7, 11) is 1.45. The minimum absolute atomic E-state index is 0.0237. The molecule has 0 radical (unpaired) electrons. The third kappa shape index (κ3) is 49.2. The van der Waals surface area contributed by atoms with E-state index in [1.807, 2.05) is 21.1 Å². The molecule has 9 nitrogen and oxygen atoms in total. The van der Waals surface area contributed by atoms with Crippen LogP contribution in [0.2, 0.25) is 0 Å². The van der Waals surface area contributed by atoms with Gasteiger partial charge in [0.15, 0.2) is 6.10 Å². The van der Waals surface area contributed by atoms with E-state index in [0.717, 1.165) is 70.6 Å². The van der Waals surface area contributed by atoms with Gasteiger partial charge < -0.3 is 18.9 Å². The maximum atomic E-state index is 12.7. The summed E-state index contributed by atoms with van der Waals surface area (Å²) in [5.74, 6) is -0.831. The number of allylic oxidation sites excluding steroid dienone is 10. The lowest BCUT2D eigenvalue weighted by Gasteiger charge is -2.24. The largest absolute Gasteiger partial charge is 0.472 e. The average molecular weight is 921 g/mol. The lowest BCUT2D eigenvalue weighted by molar-refractivity contribution is -0.870. The zero-order chi connectivity index (χ0) is 47.1. The minimum atomic E-state index is -4.39. The van der Waals surface area contributed by atoms with E-state index in [4.69, 9.17) is 18.5 Å². The van der Waals surface area contributed by atoms with Crippen LogP contribution in [-0.2, 0) is 32.7 Å². The topological polar surface area (TPSA) is 108 Å². The molecule has 0 aliphatic carbocycles. The molecule has 0 saturated heterocycles. The number of likely N-dealkylation sites (N-methyl/N-ethyl adjacent to an activating group) is 1. The third-order valence-corrected chi connectivity index (χ3v) is 12.0. The SMILES string of the molecule is CC/C=C\C/C=C\C/C=C\C/C=C\C/C=C\CCCCCC(=O)OC(COC(=O)CCCCCCCCCCCCCCCCCCCCCCC)COP(=O)(O)OCC[N+](C)(C)C. The number of phosphoric acid groups is 1. The Bertz CT molecular complexity index is 1270. The predicted octanol–water partition coefficient (Wildman–Crippen LogP) is 15.6. The van der Waals surface area contributed by atoms with Crippen LogP contribution in [0.5, 0.6) is 0 Å². The van der Waals surface area contributed by atoms with Crippen LogP contribution >= 0.6 is 7.82 Å². The van der Waals surface area contributed by atoms with Gasteiger partial charge in [-0.3, -0.25) is 18.6 Å². The Hall–Kier alpha value is -2.29. The van der Waals surface area contributed by atoms with Gasteiger partial charge in [-0.25, -0.2) is 4.57 Å². The van der Waals surface area contributed by atoms with E-state index in [1.54, 1.807) is 0 Å². The quantitative estimate of drug-likeness (QED) is 0.0211. The molecule has 0 heterocycles. The van der Waals surface area contributed by atoms with Gasteiger partial charge in [-0.15, -0.1) is 0 Å².